The average Bonchev–Trinajstić information content (AvgIpc) is 2.02. The second-order valence-corrected chi connectivity index (χ2v) is 5.47. The monoisotopic (exact) mass is 221 g/mol. The van der Waals surface area contributed by atoms with Crippen molar-refractivity contribution in [3.63, 3.8) is 0 Å². The van der Waals surface area contributed by atoms with Gasteiger partial charge in [-0.25, -0.2) is 0 Å². The maximum absolute atomic E-state index is 12.4. The van der Waals surface area contributed by atoms with Gasteiger partial charge in [0, 0.05) is 5.69 Å². The largest absolute Gasteiger partial charge is 0.418 e. The molecule has 1 rings (SSSR count). The van der Waals surface area contributed by atoms with Gasteiger partial charge in [-0.05, 0) is 30.8 Å². The van der Waals surface area contributed by atoms with Crippen LogP contribution in [-0.2, 0) is 6.18 Å². The summed E-state index contributed by atoms with van der Waals surface area (Å²) in [7, 11) is -0.527. The summed E-state index contributed by atoms with van der Waals surface area (Å²) < 4.78 is 37.3. The fourth-order valence-corrected chi connectivity index (χ4v) is 1.83. The van der Waals surface area contributed by atoms with Crippen LogP contribution >= 0.6 is 7.92 Å². The third-order valence-electron chi connectivity index (χ3n) is 1.86. The Labute approximate surface area is 81.9 Å². The van der Waals surface area contributed by atoms with Crippen molar-refractivity contribution < 1.29 is 13.2 Å². The number of anilines is 1. The number of nitrogen functional groups attached to an aromatic ring is 1. The Morgan fingerprint density at radius 2 is 1.79 bits per heavy atom. The van der Waals surface area contributed by atoms with Gasteiger partial charge in [-0.2, -0.15) is 13.2 Å². The molecule has 14 heavy (non-hydrogen) atoms. The molecule has 0 spiro atoms. The van der Waals surface area contributed by atoms with Gasteiger partial charge in [0.2, 0.25) is 0 Å². The molecule has 0 atom stereocenters. The fourth-order valence-electron chi connectivity index (χ4n) is 1.07. The van der Waals surface area contributed by atoms with Crippen LogP contribution in [0.3, 0.4) is 0 Å². The molecule has 78 valence electrons. The minimum absolute atomic E-state index is 0.210. The summed E-state index contributed by atoms with van der Waals surface area (Å²) in [6.07, 6.45) is -4.36. The Morgan fingerprint density at radius 3 is 2.21 bits per heavy atom. The first-order chi connectivity index (χ1) is 6.32. The van der Waals surface area contributed by atoms with Crippen LogP contribution in [0.4, 0.5) is 18.9 Å². The van der Waals surface area contributed by atoms with E-state index in [-0.39, 0.29) is 5.69 Å². The number of benzene rings is 1. The van der Waals surface area contributed by atoms with Gasteiger partial charge in [0.05, 0.1) is 5.56 Å². The third kappa shape index (κ3) is 2.38. The zero-order valence-electron chi connectivity index (χ0n) is 7.89. The van der Waals surface area contributed by atoms with Gasteiger partial charge >= 0.3 is 6.18 Å². The molecule has 0 amide bonds. The maximum Gasteiger partial charge on any atom is 0.418 e. The predicted molar refractivity (Wildman–Crippen MR) is 54.3 cm³/mol. The molecule has 1 nitrogen and oxygen atoms in total. The van der Waals surface area contributed by atoms with Gasteiger partial charge in [0.1, 0.15) is 0 Å². The molecule has 1 aromatic carbocycles. The van der Waals surface area contributed by atoms with E-state index < -0.39 is 19.7 Å². The highest BCUT2D eigenvalue weighted by Gasteiger charge is 2.33. The molecule has 0 saturated carbocycles. The van der Waals surface area contributed by atoms with Crippen molar-refractivity contribution in [1.29, 1.82) is 0 Å². The summed E-state index contributed by atoms with van der Waals surface area (Å²) >= 11 is 0. The highest BCUT2D eigenvalue weighted by Crippen LogP contribution is 2.35. The van der Waals surface area contributed by atoms with Crippen LogP contribution in [0.5, 0.6) is 0 Å². The molecule has 0 aliphatic carbocycles. The van der Waals surface area contributed by atoms with E-state index >= 15 is 0 Å². The van der Waals surface area contributed by atoms with Crippen LogP contribution in [0.2, 0.25) is 0 Å². The number of hydrogen-bond donors (Lipinski definition) is 1. The molecular weight excluding hydrogens is 210 g/mol. The van der Waals surface area contributed by atoms with E-state index in [0.717, 1.165) is 6.07 Å². The highest BCUT2D eigenvalue weighted by atomic mass is 31.1. The molecule has 0 saturated heterocycles. The molecule has 0 aliphatic heterocycles. The van der Waals surface area contributed by atoms with Crippen molar-refractivity contribution in [3.8, 4) is 0 Å². The van der Waals surface area contributed by atoms with Gasteiger partial charge in [0.15, 0.2) is 0 Å². The van der Waals surface area contributed by atoms with Gasteiger partial charge in [-0.15, -0.1) is 0 Å². The molecule has 0 bridgehead atoms. The molecule has 5 heteroatoms. The van der Waals surface area contributed by atoms with Crippen LogP contribution in [-0.4, -0.2) is 13.3 Å². The van der Waals surface area contributed by atoms with E-state index in [1.165, 1.54) is 6.07 Å². The Morgan fingerprint density at radius 1 is 1.21 bits per heavy atom. The van der Waals surface area contributed by atoms with E-state index in [1.54, 1.807) is 6.07 Å². The number of rotatable bonds is 1. The summed E-state index contributed by atoms with van der Waals surface area (Å²) in [4.78, 5) is 0. The summed E-state index contributed by atoms with van der Waals surface area (Å²) in [5.74, 6) is 0. The Hall–Kier alpha value is -0.760. The van der Waals surface area contributed by atoms with E-state index in [9.17, 15) is 13.2 Å². The normalized spacial score (nSPS) is 12.1. The third-order valence-corrected chi connectivity index (χ3v) is 3.17. The second-order valence-electron chi connectivity index (χ2n) is 3.16. The first-order valence-corrected chi connectivity index (χ1v) is 6.20. The zero-order valence-corrected chi connectivity index (χ0v) is 8.78. The van der Waals surface area contributed by atoms with Gasteiger partial charge < -0.3 is 5.73 Å². The molecule has 0 unspecified atom stereocenters. The van der Waals surface area contributed by atoms with Crippen molar-refractivity contribution in [3.05, 3.63) is 23.8 Å². The first kappa shape index (κ1) is 11.3. The van der Waals surface area contributed by atoms with Crippen molar-refractivity contribution >= 4 is 18.9 Å². The van der Waals surface area contributed by atoms with E-state index in [0.29, 0.717) is 5.30 Å². The number of nitrogens with two attached hydrogens (primary N) is 1. The van der Waals surface area contributed by atoms with Crippen LogP contribution < -0.4 is 11.0 Å². The number of alkyl halides is 3. The van der Waals surface area contributed by atoms with Crippen molar-refractivity contribution in [1.82, 2.24) is 0 Å². The lowest BCUT2D eigenvalue weighted by molar-refractivity contribution is -0.136. The van der Waals surface area contributed by atoms with Crippen molar-refractivity contribution in [2.24, 2.45) is 0 Å². The van der Waals surface area contributed by atoms with Crippen LogP contribution in [0, 0.1) is 0 Å². The van der Waals surface area contributed by atoms with Crippen molar-refractivity contribution in [2.75, 3.05) is 19.1 Å². The fraction of sp³-hybridized carbons (Fsp3) is 0.333. The lowest BCUT2D eigenvalue weighted by Gasteiger charge is -2.13. The lowest BCUT2D eigenvalue weighted by Crippen LogP contribution is -2.13. The highest BCUT2D eigenvalue weighted by molar-refractivity contribution is 7.64. The van der Waals surface area contributed by atoms with Gasteiger partial charge in [-0.1, -0.05) is 14.0 Å². The minimum atomic E-state index is -4.36. The number of halogens is 3. The summed E-state index contributed by atoms with van der Waals surface area (Å²) in [6.45, 7) is 3.81. The van der Waals surface area contributed by atoms with Gasteiger partial charge in [-0.3, -0.25) is 0 Å². The van der Waals surface area contributed by atoms with Gasteiger partial charge in [0.25, 0.3) is 0 Å². The van der Waals surface area contributed by atoms with E-state index in [1.807, 2.05) is 13.3 Å². The zero-order chi connectivity index (χ0) is 10.9. The first-order valence-electron chi connectivity index (χ1n) is 3.96. The summed E-state index contributed by atoms with van der Waals surface area (Å²) in [5.41, 5.74) is 4.32. The minimum Gasteiger partial charge on any atom is -0.398 e. The summed E-state index contributed by atoms with van der Waals surface area (Å²) in [6, 6.07) is 4.11. The maximum atomic E-state index is 12.4. The van der Waals surface area contributed by atoms with Crippen LogP contribution in [0.1, 0.15) is 5.56 Å². The average molecular weight is 221 g/mol. The SMILES string of the molecule is CP(C)c1ccc(N)c(C(F)(F)F)c1. The molecule has 2 N–H and O–H groups in total. The van der Waals surface area contributed by atoms with E-state index in [4.69, 9.17) is 5.73 Å². The summed E-state index contributed by atoms with van der Waals surface area (Å²) in [5, 5.41) is 0.710. The Balaban J connectivity index is 3.22. The van der Waals surface area contributed by atoms with Crippen molar-refractivity contribution in [2.45, 2.75) is 6.18 Å². The number of hydrogen-bond acceptors (Lipinski definition) is 1. The molecule has 0 aromatic heterocycles. The molecule has 0 aliphatic rings. The topological polar surface area (TPSA) is 26.0 Å². The molecule has 0 fully saturated rings. The second kappa shape index (κ2) is 3.77. The standard InChI is InChI=1S/C9H11F3NP/c1-14(2)6-3-4-8(13)7(5-6)9(10,11)12/h3-5H,13H2,1-2H3. The predicted octanol–water partition coefficient (Wildman–Crippen LogP) is 2.65. The quantitative estimate of drug-likeness (QED) is 0.572. The van der Waals surface area contributed by atoms with E-state index in [2.05, 4.69) is 0 Å². The van der Waals surface area contributed by atoms with Crippen LogP contribution in [0.25, 0.3) is 0 Å². The lowest BCUT2D eigenvalue weighted by atomic mass is 10.2. The molecule has 0 radical (unpaired) electrons. The Bertz CT molecular complexity index is 333. The molecule has 0 heterocycles. The molecular formula is C9H11F3NP. The van der Waals surface area contributed by atoms with Crippen LogP contribution in [0.15, 0.2) is 18.2 Å². The Kier molecular flexibility index (Phi) is 3.05. The molecule has 1 aromatic rings. The smallest absolute Gasteiger partial charge is 0.398 e.